The van der Waals surface area contributed by atoms with Crippen LogP contribution in [0.25, 0.3) is 0 Å². The molecular weight excluding hydrogens is 308 g/mol. The maximum Gasteiger partial charge on any atom is 0.335 e. The number of hydrogen-bond acceptors (Lipinski definition) is 3. The Balaban J connectivity index is 2.09. The van der Waals surface area contributed by atoms with Gasteiger partial charge in [-0.1, -0.05) is 40.2 Å². The van der Waals surface area contributed by atoms with E-state index >= 15 is 0 Å². The van der Waals surface area contributed by atoms with Crippen LogP contribution < -0.4 is 5.43 Å². The van der Waals surface area contributed by atoms with Crippen LogP contribution in [0.4, 0.5) is 5.69 Å². The van der Waals surface area contributed by atoms with Crippen molar-refractivity contribution >= 4 is 33.8 Å². The Hall–Kier alpha value is -2.14. The van der Waals surface area contributed by atoms with Gasteiger partial charge >= 0.3 is 5.97 Å². The van der Waals surface area contributed by atoms with E-state index < -0.39 is 5.97 Å². The molecule has 2 N–H and O–H groups in total. The topological polar surface area (TPSA) is 61.7 Å². The Labute approximate surface area is 118 Å². The van der Waals surface area contributed by atoms with Crippen LogP contribution in [0.1, 0.15) is 15.9 Å². The van der Waals surface area contributed by atoms with Gasteiger partial charge in [0.2, 0.25) is 0 Å². The van der Waals surface area contributed by atoms with E-state index in [1.54, 1.807) is 18.3 Å². The van der Waals surface area contributed by atoms with Crippen LogP contribution in [0.3, 0.4) is 0 Å². The fraction of sp³-hybridized carbons (Fsp3) is 0. The maximum atomic E-state index is 10.8. The van der Waals surface area contributed by atoms with Crippen LogP contribution in [0.15, 0.2) is 58.1 Å². The van der Waals surface area contributed by atoms with Crippen LogP contribution >= 0.6 is 15.9 Å². The third kappa shape index (κ3) is 3.66. The molecule has 2 aromatic rings. The lowest BCUT2D eigenvalue weighted by atomic mass is 10.2. The maximum absolute atomic E-state index is 10.8. The van der Waals surface area contributed by atoms with Crippen LogP contribution in [0, 0.1) is 0 Å². The highest BCUT2D eigenvalue weighted by Gasteiger charge is 2.02. The summed E-state index contributed by atoms with van der Waals surface area (Å²) in [5.74, 6) is -0.960. The first-order valence-corrected chi connectivity index (χ1v) is 6.33. The van der Waals surface area contributed by atoms with Gasteiger partial charge in [-0.3, -0.25) is 5.43 Å². The Bertz CT molecular complexity index is 626. The molecule has 19 heavy (non-hydrogen) atoms. The summed E-state index contributed by atoms with van der Waals surface area (Å²) in [5.41, 5.74) is 4.59. The van der Waals surface area contributed by atoms with Crippen LogP contribution in [0.5, 0.6) is 0 Å². The fourth-order valence-electron chi connectivity index (χ4n) is 1.48. The minimum Gasteiger partial charge on any atom is -0.478 e. The first kappa shape index (κ1) is 13.3. The summed E-state index contributed by atoms with van der Waals surface area (Å²) < 4.78 is 0.944. The highest BCUT2D eigenvalue weighted by molar-refractivity contribution is 9.10. The predicted octanol–water partition coefficient (Wildman–Crippen LogP) is 3.59. The molecule has 0 heterocycles. The summed E-state index contributed by atoms with van der Waals surface area (Å²) in [6.45, 7) is 0. The summed E-state index contributed by atoms with van der Waals surface area (Å²) in [6, 6.07) is 14.2. The number of aromatic carboxylic acids is 1. The zero-order valence-electron chi connectivity index (χ0n) is 9.88. The number of carboxylic acid groups (broad SMARTS) is 1. The molecular formula is C14H11BrN2O2. The van der Waals surface area contributed by atoms with Crippen molar-refractivity contribution in [3.8, 4) is 0 Å². The molecule has 0 aromatic heterocycles. The summed E-state index contributed by atoms with van der Waals surface area (Å²) in [6.07, 6.45) is 1.66. The monoisotopic (exact) mass is 318 g/mol. The van der Waals surface area contributed by atoms with E-state index in [4.69, 9.17) is 5.11 Å². The molecule has 0 fully saturated rings. The first-order chi connectivity index (χ1) is 9.16. The fourth-order valence-corrected chi connectivity index (χ4v) is 1.87. The molecule has 0 aliphatic rings. The quantitative estimate of drug-likeness (QED) is 0.669. The Morgan fingerprint density at radius 2 is 2.00 bits per heavy atom. The lowest BCUT2D eigenvalue weighted by Crippen LogP contribution is -1.97. The van der Waals surface area contributed by atoms with Gasteiger partial charge in [-0.25, -0.2) is 4.79 Å². The van der Waals surface area contributed by atoms with Gasteiger partial charge in [-0.05, 0) is 24.3 Å². The smallest absolute Gasteiger partial charge is 0.335 e. The first-order valence-electron chi connectivity index (χ1n) is 5.54. The van der Waals surface area contributed by atoms with E-state index in [-0.39, 0.29) is 5.56 Å². The van der Waals surface area contributed by atoms with Gasteiger partial charge in [0.15, 0.2) is 0 Å². The molecule has 0 spiro atoms. The molecule has 0 radical (unpaired) electrons. The predicted molar refractivity (Wildman–Crippen MR) is 78.8 cm³/mol. The highest BCUT2D eigenvalue weighted by Crippen LogP contribution is 2.14. The number of hydrazone groups is 1. The average molecular weight is 319 g/mol. The number of halogens is 1. The van der Waals surface area contributed by atoms with Gasteiger partial charge in [0.1, 0.15) is 0 Å². The van der Waals surface area contributed by atoms with E-state index in [0.717, 1.165) is 10.0 Å². The van der Waals surface area contributed by atoms with Crippen molar-refractivity contribution in [3.63, 3.8) is 0 Å². The molecule has 0 amide bonds. The molecule has 0 aliphatic carbocycles. The third-order valence-electron chi connectivity index (χ3n) is 2.41. The summed E-state index contributed by atoms with van der Waals surface area (Å²) >= 11 is 3.42. The molecule has 96 valence electrons. The summed E-state index contributed by atoms with van der Waals surface area (Å²) in [4.78, 5) is 10.8. The van der Waals surface area contributed by atoms with Gasteiger partial charge in [0.25, 0.3) is 0 Å². The van der Waals surface area contributed by atoms with Gasteiger partial charge in [0, 0.05) is 10.0 Å². The average Bonchev–Trinajstić information content (AvgIpc) is 2.41. The van der Waals surface area contributed by atoms with E-state index in [2.05, 4.69) is 26.5 Å². The van der Waals surface area contributed by atoms with Crippen molar-refractivity contribution in [1.82, 2.24) is 0 Å². The van der Waals surface area contributed by atoms with Crippen LogP contribution in [0.2, 0.25) is 0 Å². The van der Waals surface area contributed by atoms with Gasteiger partial charge in [-0.2, -0.15) is 5.10 Å². The van der Waals surface area contributed by atoms with E-state index in [9.17, 15) is 4.79 Å². The summed E-state index contributed by atoms with van der Waals surface area (Å²) in [7, 11) is 0. The lowest BCUT2D eigenvalue weighted by Gasteiger charge is -2.02. The van der Waals surface area contributed by atoms with Crippen LogP contribution in [-0.4, -0.2) is 17.3 Å². The molecule has 0 bridgehead atoms. The SMILES string of the molecule is O=C(O)c1cccc(N/N=C\c2ccccc2Br)c1. The number of rotatable bonds is 4. The molecule has 0 aliphatic heterocycles. The van der Waals surface area contributed by atoms with E-state index in [0.29, 0.717) is 5.69 Å². The minimum absolute atomic E-state index is 0.223. The van der Waals surface area contributed by atoms with Gasteiger partial charge in [-0.15, -0.1) is 0 Å². The zero-order chi connectivity index (χ0) is 13.7. The third-order valence-corrected chi connectivity index (χ3v) is 3.13. The summed E-state index contributed by atoms with van der Waals surface area (Å²) in [5, 5.41) is 13.0. The Morgan fingerprint density at radius 3 is 2.74 bits per heavy atom. The number of nitrogens with zero attached hydrogens (tertiary/aromatic N) is 1. The Kier molecular flexibility index (Phi) is 4.30. The van der Waals surface area contributed by atoms with Crippen LogP contribution in [-0.2, 0) is 0 Å². The molecule has 2 aromatic carbocycles. The number of carbonyl (C=O) groups is 1. The standard InChI is InChI=1S/C14H11BrN2O2/c15-13-7-2-1-4-11(13)9-16-17-12-6-3-5-10(8-12)14(18)19/h1-9,17H,(H,18,19)/b16-9-. The van der Waals surface area contributed by atoms with Crippen molar-refractivity contribution in [2.24, 2.45) is 5.10 Å². The molecule has 2 rings (SSSR count). The second-order valence-corrected chi connectivity index (χ2v) is 4.63. The largest absolute Gasteiger partial charge is 0.478 e. The van der Waals surface area contributed by atoms with Gasteiger partial charge in [0.05, 0.1) is 17.5 Å². The van der Waals surface area contributed by atoms with Crippen molar-refractivity contribution < 1.29 is 9.90 Å². The van der Waals surface area contributed by atoms with Gasteiger partial charge < -0.3 is 5.11 Å². The number of nitrogens with one attached hydrogen (secondary N) is 1. The second-order valence-electron chi connectivity index (χ2n) is 3.78. The lowest BCUT2D eigenvalue weighted by molar-refractivity contribution is 0.0697. The Morgan fingerprint density at radius 1 is 1.21 bits per heavy atom. The molecule has 0 atom stereocenters. The van der Waals surface area contributed by atoms with E-state index in [1.165, 1.54) is 12.1 Å². The second kappa shape index (κ2) is 6.15. The number of anilines is 1. The number of carboxylic acids is 1. The van der Waals surface area contributed by atoms with Crippen molar-refractivity contribution in [2.45, 2.75) is 0 Å². The van der Waals surface area contributed by atoms with Crippen molar-refractivity contribution in [3.05, 3.63) is 64.1 Å². The minimum atomic E-state index is -0.960. The normalized spacial score (nSPS) is 10.6. The van der Waals surface area contributed by atoms with Crippen molar-refractivity contribution in [1.29, 1.82) is 0 Å². The van der Waals surface area contributed by atoms with Crippen molar-refractivity contribution in [2.75, 3.05) is 5.43 Å². The molecule has 0 saturated carbocycles. The molecule has 0 saturated heterocycles. The number of benzene rings is 2. The zero-order valence-corrected chi connectivity index (χ0v) is 11.5. The molecule has 5 heteroatoms. The molecule has 4 nitrogen and oxygen atoms in total. The highest BCUT2D eigenvalue weighted by atomic mass is 79.9. The number of hydrogen-bond donors (Lipinski definition) is 2. The van der Waals surface area contributed by atoms with E-state index in [1.807, 2.05) is 24.3 Å². The molecule has 0 unspecified atom stereocenters.